The van der Waals surface area contributed by atoms with Gasteiger partial charge in [-0.3, -0.25) is 9.59 Å². The zero-order valence-corrected chi connectivity index (χ0v) is 26.4. The van der Waals surface area contributed by atoms with Crippen LogP contribution in [0.25, 0.3) is 0 Å². The first kappa shape index (κ1) is 33.4. The number of rotatable bonds is 16. The molecule has 44 heavy (non-hydrogen) atoms. The highest BCUT2D eigenvalue weighted by molar-refractivity contribution is 9.10. The minimum atomic E-state index is -1.06. The second-order valence-corrected chi connectivity index (χ2v) is 11.5. The highest BCUT2D eigenvalue weighted by Gasteiger charge is 2.43. The van der Waals surface area contributed by atoms with Crippen LogP contribution in [0.1, 0.15) is 49.0 Å². The predicted molar refractivity (Wildman–Crippen MR) is 163 cm³/mol. The van der Waals surface area contributed by atoms with Crippen molar-refractivity contribution in [3.05, 3.63) is 93.9 Å². The zero-order valence-electron chi connectivity index (χ0n) is 24.9. The lowest BCUT2D eigenvalue weighted by Crippen LogP contribution is -2.44. The van der Waals surface area contributed by atoms with Crippen LogP contribution in [-0.4, -0.2) is 66.5 Å². The van der Waals surface area contributed by atoms with Gasteiger partial charge in [-0.1, -0.05) is 60.7 Å². The number of aliphatic hydroxyl groups excluding tert-OH is 1. The summed E-state index contributed by atoms with van der Waals surface area (Å²) in [7, 11) is 0. The maximum Gasteiger partial charge on any atom is 0.416 e. The van der Waals surface area contributed by atoms with Crippen molar-refractivity contribution in [1.29, 1.82) is 0 Å². The van der Waals surface area contributed by atoms with Gasteiger partial charge >= 0.3 is 12.1 Å². The van der Waals surface area contributed by atoms with Crippen LogP contribution in [0.2, 0.25) is 0 Å². The number of ether oxygens (including phenoxy) is 4. The summed E-state index contributed by atoms with van der Waals surface area (Å²) in [5.74, 6) is -1.15. The fourth-order valence-corrected chi connectivity index (χ4v) is 5.43. The lowest BCUT2D eigenvalue weighted by Gasteiger charge is -2.27. The fourth-order valence-electron chi connectivity index (χ4n) is 4.93. The van der Waals surface area contributed by atoms with Gasteiger partial charge in [0.1, 0.15) is 24.2 Å². The second kappa shape index (κ2) is 16.5. The molecule has 0 radical (unpaired) electrons. The minimum absolute atomic E-state index is 0.0845. The van der Waals surface area contributed by atoms with E-state index in [1.165, 1.54) is 6.92 Å². The summed E-state index contributed by atoms with van der Waals surface area (Å²) in [6.07, 6.45) is -0.669. The molecule has 4 atom stereocenters. The van der Waals surface area contributed by atoms with E-state index in [-0.39, 0.29) is 25.6 Å². The molecule has 1 aliphatic heterocycles. The third kappa shape index (κ3) is 9.25. The number of hydrogen-bond donors (Lipinski definition) is 1. The Morgan fingerprint density at radius 1 is 1.09 bits per heavy atom. The van der Waals surface area contributed by atoms with E-state index in [1.807, 2.05) is 60.7 Å². The number of amides is 2. The van der Waals surface area contributed by atoms with Gasteiger partial charge in [0.05, 0.1) is 36.3 Å². The summed E-state index contributed by atoms with van der Waals surface area (Å²) in [4.78, 5) is 39.4. The number of aryl methyl sites for hydroxylation is 1. The molecule has 3 aromatic rings. The van der Waals surface area contributed by atoms with E-state index < -0.39 is 42.1 Å². The maximum atomic E-state index is 13.6. The number of aliphatic hydroxyl groups is 1. The molecule has 1 aliphatic rings. The Morgan fingerprint density at radius 3 is 2.43 bits per heavy atom. The first-order valence-electron chi connectivity index (χ1n) is 14.6. The van der Waals surface area contributed by atoms with Crippen LogP contribution >= 0.6 is 15.9 Å². The van der Waals surface area contributed by atoms with Crippen LogP contribution in [0.3, 0.4) is 0 Å². The summed E-state index contributed by atoms with van der Waals surface area (Å²) in [6.45, 7) is 3.81. The van der Waals surface area contributed by atoms with Crippen molar-refractivity contribution in [2.45, 2.75) is 58.0 Å². The third-order valence-corrected chi connectivity index (χ3v) is 7.91. The van der Waals surface area contributed by atoms with Crippen molar-refractivity contribution >= 4 is 33.9 Å². The number of esters is 1. The van der Waals surface area contributed by atoms with Crippen molar-refractivity contribution in [3.8, 4) is 0 Å². The molecule has 0 saturated carbocycles. The predicted octanol–water partition coefficient (Wildman–Crippen LogP) is 5.40. The number of cyclic esters (lactones) is 1. The normalized spacial score (nSPS) is 16.8. The molecule has 1 N–H and O–H groups in total. The first-order chi connectivity index (χ1) is 21.3. The van der Waals surface area contributed by atoms with Crippen LogP contribution < -0.4 is 0 Å². The van der Waals surface area contributed by atoms with Crippen LogP contribution in [0, 0.1) is 5.92 Å². The van der Waals surface area contributed by atoms with Crippen molar-refractivity contribution in [3.63, 3.8) is 0 Å². The van der Waals surface area contributed by atoms with E-state index in [9.17, 15) is 19.5 Å². The Labute approximate surface area is 265 Å². The molecule has 1 saturated heterocycles. The van der Waals surface area contributed by atoms with Gasteiger partial charge < -0.3 is 28.5 Å². The van der Waals surface area contributed by atoms with E-state index in [4.69, 9.17) is 23.4 Å². The lowest BCUT2D eigenvalue weighted by atomic mass is 9.98. The highest BCUT2D eigenvalue weighted by atomic mass is 79.9. The first-order valence-corrected chi connectivity index (χ1v) is 15.4. The number of halogens is 1. The standard InChI is InChI=1S/C33H38BrNO9/c1-22(32(38)35-26(20-42-33(35)39)16-24-10-5-3-6-11-24)31(43-23(2)37)30-17-28(34)29(44-30)14-9-15-40-21-27(18-36)41-19-25-12-7-4-8-13-25/h3-8,10-13,17,22,26-27,31,36H,9,14-16,18-21H2,1-2H3/t22-,26-,27+,31-/m0/s1. The SMILES string of the molecule is CC(=O)O[C@H](c1cc(Br)c(CCCOC[C@@H](CO)OCc2ccccc2)o1)[C@H](C)C(=O)N1C(=O)OC[C@@H]1Cc1ccccc1. The van der Waals surface area contributed by atoms with Crippen LogP contribution in [-0.2, 0) is 48.0 Å². The Morgan fingerprint density at radius 2 is 1.77 bits per heavy atom. The smallest absolute Gasteiger partial charge is 0.416 e. The van der Waals surface area contributed by atoms with Crippen molar-refractivity contribution in [1.82, 2.24) is 4.90 Å². The summed E-state index contributed by atoms with van der Waals surface area (Å²) >= 11 is 3.51. The lowest BCUT2D eigenvalue weighted by molar-refractivity contribution is -0.154. The average molecular weight is 673 g/mol. The van der Waals surface area contributed by atoms with Crippen molar-refractivity contribution in [2.24, 2.45) is 5.92 Å². The molecule has 2 aromatic carbocycles. The minimum Gasteiger partial charge on any atom is -0.461 e. The molecule has 2 heterocycles. The molecule has 0 spiro atoms. The fraction of sp³-hybridized carbons (Fsp3) is 0.424. The van der Waals surface area contributed by atoms with Gasteiger partial charge in [-0.05, 0) is 52.9 Å². The van der Waals surface area contributed by atoms with E-state index in [0.29, 0.717) is 42.7 Å². The van der Waals surface area contributed by atoms with Gasteiger partial charge in [-0.25, -0.2) is 9.69 Å². The molecular formula is C33H38BrNO9. The highest BCUT2D eigenvalue weighted by Crippen LogP contribution is 2.35. The Hall–Kier alpha value is -3.51. The number of hydrogen-bond acceptors (Lipinski definition) is 9. The van der Waals surface area contributed by atoms with Crippen LogP contribution in [0.4, 0.5) is 4.79 Å². The quantitative estimate of drug-likeness (QED) is 0.157. The number of carbonyl (C=O) groups is 3. The summed E-state index contributed by atoms with van der Waals surface area (Å²) < 4.78 is 29.0. The Balaban J connectivity index is 1.33. The molecule has 0 aliphatic carbocycles. The van der Waals surface area contributed by atoms with Crippen molar-refractivity contribution in [2.75, 3.05) is 26.4 Å². The monoisotopic (exact) mass is 671 g/mol. The van der Waals surface area contributed by atoms with Gasteiger partial charge in [0.25, 0.3) is 0 Å². The topological polar surface area (TPSA) is 125 Å². The van der Waals surface area contributed by atoms with Gasteiger partial charge in [-0.2, -0.15) is 0 Å². The molecule has 10 nitrogen and oxygen atoms in total. The van der Waals surface area contributed by atoms with Crippen molar-refractivity contribution < 1.29 is 42.9 Å². The van der Waals surface area contributed by atoms with Crippen LogP contribution in [0.15, 0.2) is 75.6 Å². The zero-order chi connectivity index (χ0) is 31.5. The molecule has 0 unspecified atom stereocenters. The molecule has 0 bridgehead atoms. The average Bonchev–Trinajstić information content (AvgIpc) is 3.58. The molecular weight excluding hydrogens is 634 g/mol. The molecule has 236 valence electrons. The van der Waals surface area contributed by atoms with E-state index in [1.54, 1.807) is 13.0 Å². The summed E-state index contributed by atoms with van der Waals surface area (Å²) in [5.41, 5.74) is 1.98. The Bertz CT molecular complexity index is 1360. The van der Waals surface area contributed by atoms with E-state index in [0.717, 1.165) is 16.0 Å². The van der Waals surface area contributed by atoms with Gasteiger partial charge in [0, 0.05) is 20.0 Å². The largest absolute Gasteiger partial charge is 0.461 e. The second-order valence-electron chi connectivity index (χ2n) is 10.6. The molecule has 2 amide bonds. The maximum absolute atomic E-state index is 13.6. The number of benzene rings is 2. The number of imide groups is 1. The van der Waals surface area contributed by atoms with Gasteiger partial charge in [0.2, 0.25) is 5.91 Å². The number of furan rings is 1. The number of nitrogens with zero attached hydrogens (tertiary/aromatic N) is 1. The third-order valence-electron chi connectivity index (χ3n) is 7.23. The van der Waals surface area contributed by atoms with Gasteiger partial charge in [-0.15, -0.1) is 0 Å². The van der Waals surface area contributed by atoms with Crippen LogP contribution in [0.5, 0.6) is 0 Å². The molecule has 1 fully saturated rings. The molecule has 11 heteroatoms. The molecule has 1 aromatic heterocycles. The van der Waals surface area contributed by atoms with E-state index in [2.05, 4.69) is 15.9 Å². The summed E-state index contributed by atoms with van der Waals surface area (Å²) in [6, 6.07) is 20.4. The Kier molecular flexibility index (Phi) is 12.5. The van der Waals surface area contributed by atoms with E-state index >= 15 is 0 Å². The molecule has 4 rings (SSSR count). The van der Waals surface area contributed by atoms with Gasteiger partial charge in [0.15, 0.2) is 6.10 Å². The number of carbonyl (C=O) groups excluding carboxylic acids is 3. The summed E-state index contributed by atoms with van der Waals surface area (Å²) in [5, 5.41) is 9.63.